The fourth-order valence-electron chi connectivity index (χ4n) is 1.47. The van der Waals surface area contributed by atoms with Crippen LogP contribution in [0.5, 0.6) is 0 Å². The maximum atomic E-state index is 11.7. The molecule has 1 aromatic carbocycles. The number of aldehydes is 1. The van der Waals surface area contributed by atoms with Crippen molar-refractivity contribution in [2.45, 2.75) is 22.6 Å². The number of aryl methyl sites for hydroxylation is 1. The number of hydrogen-bond donors (Lipinski definition) is 0. The second-order valence-corrected chi connectivity index (χ2v) is 7.24. The van der Waals surface area contributed by atoms with E-state index in [1.165, 1.54) is 18.0 Å². The molecular formula is C11H13BrO3S2. The molecule has 6 heteroatoms. The van der Waals surface area contributed by atoms with E-state index in [-0.39, 0.29) is 0 Å². The standard InChI is InChI=1S/C11H13BrO3S2/c1-16-11-9(12)6-8(4-3-5-13)7-10(11)17(2,14)15/h5-7H,3-4H2,1-2H3. The number of thioether (sulfide) groups is 1. The molecule has 0 saturated carbocycles. The molecule has 0 unspecified atom stereocenters. The molecular weight excluding hydrogens is 324 g/mol. The Labute approximate surface area is 114 Å². The van der Waals surface area contributed by atoms with Gasteiger partial charge in [0.2, 0.25) is 0 Å². The van der Waals surface area contributed by atoms with Crippen LogP contribution in [0.3, 0.4) is 0 Å². The summed E-state index contributed by atoms with van der Waals surface area (Å²) in [6, 6.07) is 3.51. The summed E-state index contributed by atoms with van der Waals surface area (Å²) in [4.78, 5) is 11.4. The van der Waals surface area contributed by atoms with Gasteiger partial charge in [-0.3, -0.25) is 0 Å². The van der Waals surface area contributed by atoms with Crippen molar-refractivity contribution in [3.63, 3.8) is 0 Å². The molecule has 0 aliphatic rings. The molecule has 1 aromatic rings. The van der Waals surface area contributed by atoms with Crippen LogP contribution in [0, 0.1) is 0 Å². The number of carbonyl (C=O) groups is 1. The van der Waals surface area contributed by atoms with Crippen molar-refractivity contribution in [1.82, 2.24) is 0 Å². The number of benzene rings is 1. The number of sulfone groups is 1. The molecule has 94 valence electrons. The Morgan fingerprint density at radius 1 is 1.41 bits per heavy atom. The van der Waals surface area contributed by atoms with Gasteiger partial charge in [-0.25, -0.2) is 8.42 Å². The predicted octanol–water partition coefficient (Wildman–Crippen LogP) is 2.71. The lowest BCUT2D eigenvalue weighted by Crippen LogP contribution is -2.02. The van der Waals surface area contributed by atoms with Crippen molar-refractivity contribution in [3.8, 4) is 0 Å². The Balaban J connectivity index is 3.34. The fraction of sp³-hybridized carbons (Fsp3) is 0.364. The molecule has 17 heavy (non-hydrogen) atoms. The molecule has 0 saturated heterocycles. The monoisotopic (exact) mass is 336 g/mol. The predicted molar refractivity (Wildman–Crippen MR) is 73.4 cm³/mol. The Morgan fingerprint density at radius 2 is 2.06 bits per heavy atom. The first kappa shape index (κ1) is 14.7. The van der Waals surface area contributed by atoms with Gasteiger partial charge < -0.3 is 4.79 Å². The quantitative estimate of drug-likeness (QED) is 0.612. The first-order chi connectivity index (χ1) is 7.90. The summed E-state index contributed by atoms with van der Waals surface area (Å²) >= 11 is 4.75. The maximum absolute atomic E-state index is 11.7. The summed E-state index contributed by atoms with van der Waals surface area (Å²) in [6.07, 6.45) is 4.81. The van der Waals surface area contributed by atoms with Gasteiger partial charge in [0.25, 0.3) is 0 Å². The van der Waals surface area contributed by atoms with E-state index in [4.69, 9.17) is 0 Å². The Bertz CT molecular complexity index is 524. The van der Waals surface area contributed by atoms with E-state index in [1.54, 1.807) is 6.07 Å². The van der Waals surface area contributed by atoms with Crippen molar-refractivity contribution in [2.24, 2.45) is 0 Å². The molecule has 0 bridgehead atoms. The zero-order valence-corrected chi connectivity index (χ0v) is 12.8. The summed E-state index contributed by atoms with van der Waals surface area (Å²) in [6.45, 7) is 0. The molecule has 1 rings (SSSR count). The molecule has 0 radical (unpaired) electrons. The zero-order valence-electron chi connectivity index (χ0n) is 9.57. The smallest absolute Gasteiger partial charge is 0.176 e. The van der Waals surface area contributed by atoms with E-state index in [9.17, 15) is 13.2 Å². The maximum Gasteiger partial charge on any atom is 0.176 e. The number of hydrogen-bond acceptors (Lipinski definition) is 4. The lowest BCUT2D eigenvalue weighted by molar-refractivity contribution is -0.107. The van der Waals surface area contributed by atoms with Gasteiger partial charge in [0.1, 0.15) is 6.29 Å². The lowest BCUT2D eigenvalue weighted by atomic mass is 10.1. The molecule has 0 fully saturated rings. The van der Waals surface area contributed by atoms with E-state index >= 15 is 0 Å². The summed E-state index contributed by atoms with van der Waals surface area (Å²) in [7, 11) is -3.25. The van der Waals surface area contributed by atoms with Crippen molar-refractivity contribution in [3.05, 3.63) is 22.2 Å². The van der Waals surface area contributed by atoms with Gasteiger partial charge in [0, 0.05) is 22.0 Å². The molecule has 3 nitrogen and oxygen atoms in total. The lowest BCUT2D eigenvalue weighted by Gasteiger charge is -2.10. The van der Waals surface area contributed by atoms with Gasteiger partial charge in [-0.1, -0.05) is 0 Å². The summed E-state index contributed by atoms with van der Waals surface area (Å²) in [5.74, 6) is 0. The van der Waals surface area contributed by atoms with E-state index in [1.807, 2.05) is 12.3 Å². The Morgan fingerprint density at radius 3 is 2.53 bits per heavy atom. The minimum Gasteiger partial charge on any atom is -0.303 e. The first-order valence-corrected chi connectivity index (χ1v) is 8.81. The molecule has 0 aromatic heterocycles. The first-order valence-electron chi connectivity index (χ1n) is 4.90. The summed E-state index contributed by atoms with van der Waals surface area (Å²) in [5.41, 5.74) is 0.849. The topological polar surface area (TPSA) is 51.2 Å². The summed E-state index contributed by atoms with van der Waals surface area (Å²) < 4.78 is 24.1. The van der Waals surface area contributed by atoms with Gasteiger partial charge in [-0.2, -0.15) is 0 Å². The Kier molecular flexibility index (Phi) is 5.22. The normalized spacial score (nSPS) is 11.5. The molecule has 0 N–H and O–H groups in total. The van der Waals surface area contributed by atoms with E-state index in [0.29, 0.717) is 22.6 Å². The second kappa shape index (κ2) is 6.02. The summed E-state index contributed by atoms with van der Waals surface area (Å²) in [5, 5.41) is 0. The number of rotatable bonds is 5. The van der Waals surface area contributed by atoms with Gasteiger partial charge in [-0.05, 0) is 46.3 Å². The van der Waals surface area contributed by atoms with Crippen LogP contribution in [0.25, 0.3) is 0 Å². The van der Waals surface area contributed by atoms with Crippen LogP contribution in [0.15, 0.2) is 26.4 Å². The molecule has 0 aliphatic carbocycles. The molecule has 0 spiro atoms. The molecule has 0 heterocycles. The van der Waals surface area contributed by atoms with Crippen LogP contribution < -0.4 is 0 Å². The largest absolute Gasteiger partial charge is 0.303 e. The second-order valence-electron chi connectivity index (χ2n) is 3.59. The van der Waals surface area contributed by atoms with E-state index in [2.05, 4.69) is 15.9 Å². The average molecular weight is 337 g/mol. The van der Waals surface area contributed by atoms with E-state index in [0.717, 1.165) is 16.3 Å². The van der Waals surface area contributed by atoms with Gasteiger partial charge in [0.15, 0.2) is 9.84 Å². The third-order valence-electron chi connectivity index (χ3n) is 2.22. The SMILES string of the molecule is CSc1c(Br)cc(CCC=O)cc1S(C)(=O)=O. The van der Waals surface area contributed by atoms with Gasteiger partial charge in [-0.15, -0.1) is 11.8 Å². The minimum absolute atomic E-state index is 0.320. The van der Waals surface area contributed by atoms with Gasteiger partial charge in [0.05, 0.1) is 4.90 Å². The van der Waals surface area contributed by atoms with Crippen molar-refractivity contribution < 1.29 is 13.2 Å². The van der Waals surface area contributed by atoms with Crippen molar-refractivity contribution >= 4 is 43.8 Å². The van der Waals surface area contributed by atoms with Crippen LogP contribution in [-0.2, 0) is 21.1 Å². The van der Waals surface area contributed by atoms with Crippen LogP contribution in [-0.4, -0.2) is 27.2 Å². The highest BCUT2D eigenvalue weighted by molar-refractivity contribution is 9.10. The highest BCUT2D eigenvalue weighted by Gasteiger charge is 2.16. The van der Waals surface area contributed by atoms with Gasteiger partial charge >= 0.3 is 0 Å². The van der Waals surface area contributed by atoms with Crippen LogP contribution in [0.4, 0.5) is 0 Å². The number of halogens is 1. The minimum atomic E-state index is -3.25. The number of carbonyl (C=O) groups excluding carboxylic acids is 1. The fourth-order valence-corrected chi connectivity index (χ4v) is 4.62. The highest BCUT2D eigenvalue weighted by atomic mass is 79.9. The van der Waals surface area contributed by atoms with Crippen LogP contribution in [0.2, 0.25) is 0 Å². The van der Waals surface area contributed by atoms with E-state index < -0.39 is 9.84 Å². The van der Waals surface area contributed by atoms with Crippen LogP contribution in [0.1, 0.15) is 12.0 Å². The molecule has 0 atom stereocenters. The van der Waals surface area contributed by atoms with Crippen molar-refractivity contribution in [1.29, 1.82) is 0 Å². The molecule has 0 amide bonds. The Hall–Kier alpha value is -0.330. The highest BCUT2D eigenvalue weighted by Crippen LogP contribution is 2.33. The third kappa shape index (κ3) is 3.82. The average Bonchev–Trinajstić information content (AvgIpc) is 2.24. The van der Waals surface area contributed by atoms with Crippen molar-refractivity contribution in [2.75, 3.05) is 12.5 Å². The zero-order chi connectivity index (χ0) is 13.1. The van der Waals surface area contributed by atoms with Crippen LogP contribution >= 0.6 is 27.7 Å². The third-order valence-corrected chi connectivity index (χ3v) is 5.21. The molecule has 0 aliphatic heterocycles.